The average molecular weight is 477 g/mol. The summed E-state index contributed by atoms with van der Waals surface area (Å²) in [7, 11) is 1.73. The molecule has 35 heavy (non-hydrogen) atoms. The van der Waals surface area contributed by atoms with Crippen LogP contribution >= 0.6 is 0 Å². The van der Waals surface area contributed by atoms with Crippen LogP contribution < -0.4 is 5.32 Å². The molecule has 1 amide bonds. The zero-order valence-corrected chi connectivity index (χ0v) is 20.6. The number of nitrogens with zero attached hydrogens (tertiary/aromatic N) is 3. The molecular formula is C28H33FN4O2. The molecule has 1 fully saturated rings. The molecule has 5 rings (SSSR count). The van der Waals surface area contributed by atoms with Gasteiger partial charge in [-0.2, -0.15) is 5.10 Å². The molecule has 1 aliphatic carbocycles. The van der Waals surface area contributed by atoms with E-state index >= 15 is 0 Å². The predicted molar refractivity (Wildman–Crippen MR) is 133 cm³/mol. The van der Waals surface area contributed by atoms with E-state index in [4.69, 9.17) is 4.74 Å². The zero-order chi connectivity index (χ0) is 24.6. The van der Waals surface area contributed by atoms with Crippen LogP contribution in [0.1, 0.15) is 58.5 Å². The minimum atomic E-state index is -0.420. The lowest BCUT2D eigenvalue weighted by Crippen LogP contribution is -2.50. The number of aryl methyl sites for hydroxylation is 2. The number of hydrogen-bond acceptors (Lipinski definition) is 4. The molecule has 1 saturated heterocycles. The maximum atomic E-state index is 13.7. The van der Waals surface area contributed by atoms with E-state index in [0.29, 0.717) is 5.56 Å². The molecule has 184 valence electrons. The first-order valence-electron chi connectivity index (χ1n) is 12.4. The van der Waals surface area contributed by atoms with E-state index < -0.39 is 5.82 Å². The van der Waals surface area contributed by atoms with Crippen LogP contribution in [-0.2, 0) is 23.2 Å². The van der Waals surface area contributed by atoms with Crippen LogP contribution in [0.25, 0.3) is 0 Å². The zero-order valence-electron chi connectivity index (χ0n) is 20.6. The number of piperidine rings is 1. The van der Waals surface area contributed by atoms with Crippen molar-refractivity contribution in [2.75, 3.05) is 20.2 Å². The van der Waals surface area contributed by atoms with Gasteiger partial charge in [-0.05, 0) is 69.1 Å². The van der Waals surface area contributed by atoms with E-state index in [-0.39, 0.29) is 23.5 Å². The fourth-order valence-corrected chi connectivity index (χ4v) is 6.01. The molecule has 2 aliphatic rings. The van der Waals surface area contributed by atoms with E-state index in [0.717, 1.165) is 50.3 Å². The Balaban J connectivity index is 1.37. The van der Waals surface area contributed by atoms with Gasteiger partial charge in [-0.25, -0.2) is 4.39 Å². The molecule has 1 spiro atoms. The van der Waals surface area contributed by atoms with Crippen LogP contribution in [0.4, 0.5) is 4.39 Å². The highest BCUT2D eigenvalue weighted by Gasteiger charge is 2.54. The van der Waals surface area contributed by atoms with Crippen molar-refractivity contribution < 1.29 is 13.9 Å². The number of methoxy groups -OCH3 is 1. The number of hydrogen-bond donors (Lipinski definition) is 1. The first-order chi connectivity index (χ1) is 16.9. The Morgan fingerprint density at radius 1 is 1.20 bits per heavy atom. The Bertz CT molecular complexity index is 1220. The summed E-state index contributed by atoms with van der Waals surface area (Å²) in [6.45, 7) is 7.82. The van der Waals surface area contributed by atoms with Crippen LogP contribution in [0, 0.1) is 12.7 Å². The number of ether oxygens (including phenoxy) is 1. The number of carbonyl (C=O) groups is 1. The van der Waals surface area contributed by atoms with Crippen LogP contribution in [0.5, 0.6) is 0 Å². The first-order valence-corrected chi connectivity index (χ1v) is 12.4. The molecule has 6 nitrogen and oxygen atoms in total. The molecule has 0 radical (unpaired) electrons. The van der Waals surface area contributed by atoms with Crippen molar-refractivity contribution in [3.05, 3.63) is 88.5 Å². The van der Waals surface area contributed by atoms with Crippen molar-refractivity contribution in [2.24, 2.45) is 0 Å². The Morgan fingerprint density at radius 2 is 1.97 bits per heavy atom. The van der Waals surface area contributed by atoms with Crippen molar-refractivity contribution in [3.8, 4) is 0 Å². The smallest absolute Gasteiger partial charge is 0.251 e. The summed E-state index contributed by atoms with van der Waals surface area (Å²) in [6, 6.07) is 13.9. The SMILES string of the molecule is CCn1cc(CN2CCC3(CC2)c2ccccc2[C@@H](NC(=O)c2cccc(F)c2)[C@@H]3OC)c(C)n1. The molecule has 0 bridgehead atoms. The van der Waals surface area contributed by atoms with Gasteiger partial charge in [-0.15, -0.1) is 0 Å². The third kappa shape index (κ3) is 4.28. The number of nitrogens with one attached hydrogen (secondary N) is 1. The fraction of sp³-hybridized carbons (Fsp3) is 0.429. The highest BCUT2D eigenvalue weighted by atomic mass is 19.1. The first kappa shape index (κ1) is 23.7. The van der Waals surface area contributed by atoms with E-state index in [1.807, 2.05) is 10.7 Å². The second-order valence-corrected chi connectivity index (χ2v) is 9.73. The fourth-order valence-electron chi connectivity index (χ4n) is 6.01. The molecule has 7 heteroatoms. The number of rotatable bonds is 6. The molecule has 2 aromatic carbocycles. The van der Waals surface area contributed by atoms with Gasteiger partial charge in [0.25, 0.3) is 5.91 Å². The summed E-state index contributed by atoms with van der Waals surface area (Å²) in [6.07, 6.45) is 3.84. The van der Waals surface area contributed by atoms with Crippen LogP contribution in [-0.4, -0.2) is 46.9 Å². The van der Waals surface area contributed by atoms with Gasteiger partial charge in [0.05, 0.1) is 17.8 Å². The van der Waals surface area contributed by atoms with Crippen LogP contribution in [0.2, 0.25) is 0 Å². The maximum absolute atomic E-state index is 13.7. The van der Waals surface area contributed by atoms with Crippen LogP contribution in [0.3, 0.4) is 0 Å². The number of benzene rings is 2. The lowest BCUT2D eigenvalue weighted by atomic mass is 9.72. The van der Waals surface area contributed by atoms with Gasteiger partial charge >= 0.3 is 0 Å². The number of carbonyl (C=O) groups excluding carboxylic acids is 1. The molecule has 1 N–H and O–H groups in total. The third-order valence-corrected chi connectivity index (χ3v) is 7.82. The van der Waals surface area contributed by atoms with Crippen molar-refractivity contribution in [2.45, 2.75) is 57.3 Å². The highest BCUT2D eigenvalue weighted by Crippen LogP contribution is 2.52. The van der Waals surface area contributed by atoms with Gasteiger partial charge in [-0.3, -0.25) is 14.4 Å². The lowest BCUT2D eigenvalue weighted by Gasteiger charge is -2.44. The summed E-state index contributed by atoms with van der Waals surface area (Å²) >= 11 is 0. The van der Waals surface area contributed by atoms with Gasteiger partial charge in [-0.1, -0.05) is 30.3 Å². The summed E-state index contributed by atoms with van der Waals surface area (Å²) in [4.78, 5) is 15.5. The largest absolute Gasteiger partial charge is 0.378 e. The van der Waals surface area contributed by atoms with Gasteiger partial charge in [0, 0.05) is 42.9 Å². The minimum Gasteiger partial charge on any atom is -0.378 e. The Labute approximate surface area is 206 Å². The predicted octanol–water partition coefficient (Wildman–Crippen LogP) is 4.38. The van der Waals surface area contributed by atoms with Gasteiger partial charge in [0.2, 0.25) is 0 Å². The molecule has 2 heterocycles. The standard InChI is InChI=1S/C28H33FN4O2/c1-4-33-18-21(19(2)31-33)17-32-14-12-28(13-15-32)24-11-6-5-10-23(24)25(26(28)35-3)30-27(34)20-8-7-9-22(29)16-20/h5-11,16,18,25-26H,4,12-15,17H2,1-3H3,(H,30,34)/t25-,26+/m1/s1. The van der Waals surface area contributed by atoms with Crippen molar-refractivity contribution >= 4 is 5.91 Å². The normalized spacial score (nSPS) is 21.3. The molecule has 2 atom stereocenters. The quantitative estimate of drug-likeness (QED) is 0.574. The number of aromatic nitrogens is 2. The van der Waals surface area contributed by atoms with Gasteiger partial charge < -0.3 is 10.1 Å². The Hall–Kier alpha value is -3.03. The number of likely N-dealkylation sites (tertiary alicyclic amines) is 1. The summed E-state index contributed by atoms with van der Waals surface area (Å²) < 4.78 is 21.9. The monoisotopic (exact) mass is 476 g/mol. The van der Waals surface area contributed by atoms with E-state index in [1.54, 1.807) is 19.2 Å². The number of halogens is 1. The number of fused-ring (bicyclic) bond motifs is 2. The molecule has 3 aromatic rings. The summed E-state index contributed by atoms with van der Waals surface area (Å²) in [5.41, 5.74) is 4.86. The molecule has 0 unspecified atom stereocenters. The summed E-state index contributed by atoms with van der Waals surface area (Å²) in [5, 5.41) is 7.76. The molecule has 1 aromatic heterocycles. The van der Waals surface area contributed by atoms with Crippen molar-refractivity contribution in [3.63, 3.8) is 0 Å². The second-order valence-electron chi connectivity index (χ2n) is 9.73. The Morgan fingerprint density at radius 3 is 2.66 bits per heavy atom. The second kappa shape index (κ2) is 9.55. The minimum absolute atomic E-state index is 0.176. The maximum Gasteiger partial charge on any atom is 0.251 e. The lowest BCUT2D eigenvalue weighted by molar-refractivity contribution is -0.0122. The van der Waals surface area contributed by atoms with E-state index in [9.17, 15) is 9.18 Å². The van der Waals surface area contributed by atoms with E-state index in [2.05, 4.69) is 53.6 Å². The highest BCUT2D eigenvalue weighted by molar-refractivity contribution is 5.94. The van der Waals surface area contributed by atoms with Gasteiger partial charge in [0.15, 0.2) is 0 Å². The molecular weight excluding hydrogens is 443 g/mol. The van der Waals surface area contributed by atoms with E-state index in [1.165, 1.54) is 23.3 Å². The van der Waals surface area contributed by atoms with Crippen molar-refractivity contribution in [1.29, 1.82) is 0 Å². The third-order valence-electron chi connectivity index (χ3n) is 7.82. The Kier molecular flexibility index (Phi) is 6.47. The van der Waals surface area contributed by atoms with Crippen LogP contribution in [0.15, 0.2) is 54.7 Å². The van der Waals surface area contributed by atoms with Gasteiger partial charge in [0.1, 0.15) is 5.82 Å². The molecule has 0 saturated carbocycles. The number of amides is 1. The average Bonchev–Trinajstić information content (AvgIpc) is 3.35. The topological polar surface area (TPSA) is 59.4 Å². The summed E-state index contributed by atoms with van der Waals surface area (Å²) in [5.74, 6) is -0.708. The molecule has 1 aliphatic heterocycles. The van der Waals surface area contributed by atoms with Crippen molar-refractivity contribution in [1.82, 2.24) is 20.0 Å².